The molecule has 0 fully saturated rings. The molecule has 0 amide bonds. The van der Waals surface area contributed by atoms with E-state index >= 15 is 0 Å². The van der Waals surface area contributed by atoms with Crippen molar-refractivity contribution >= 4 is 12.3 Å². The lowest BCUT2D eigenvalue weighted by Crippen LogP contribution is -2.47. The molecular weight excluding hydrogens is 310 g/mol. The molecule has 0 heterocycles. The van der Waals surface area contributed by atoms with E-state index in [-0.39, 0.29) is 6.42 Å². The summed E-state index contributed by atoms with van der Waals surface area (Å²) >= 11 is 0. The minimum atomic E-state index is -1.19. The fourth-order valence-electron chi connectivity index (χ4n) is 2.47. The summed E-state index contributed by atoms with van der Waals surface area (Å²) in [6.07, 6.45) is 1.36. The molecule has 134 valence electrons. The molecule has 1 N–H and O–H groups in total. The molecule has 6 nitrogen and oxygen atoms in total. The number of hydrogen-bond acceptors (Lipinski definition) is 6. The van der Waals surface area contributed by atoms with E-state index in [2.05, 4.69) is 5.48 Å². The van der Waals surface area contributed by atoms with Gasteiger partial charge < -0.3 is 19.1 Å². The largest absolute Gasteiger partial charge is 0.370 e. The molecule has 0 saturated carbocycles. The number of nitrogens with one attached hydrogen (secondary N) is 1. The van der Waals surface area contributed by atoms with Crippen LogP contribution >= 0.6 is 0 Å². The molecule has 0 aliphatic heterocycles. The quantitative estimate of drug-likeness (QED) is 0.273. The Balaban J connectivity index is 2.57. The number of benzene rings is 1. The highest BCUT2D eigenvalue weighted by Crippen LogP contribution is 2.27. The second-order valence-corrected chi connectivity index (χ2v) is 5.39. The first-order valence-electron chi connectivity index (χ1n) is 8.26. The van der Waals surface area contributed by atoms with E-state index in [1.165, 1.54) is 0 Å². The van der Waals surface area contributed by atoms with Crippen molar-refractivity contribution in [1.29, 1.82) is 0 Å². The van der Waals surface area contributed by atoms with Gasteiger partial charge in [0.25, 0.3) is 0 Å². The molecule has 0 aromatic heterocycles. The van der Waals surface area contributed by atoms with E-state index < -0.39 is 17.7 Å². The maximum atomic E-state index is 12.3. The number of rotatable bonds is 12. The lowest BCUT2D eigenvalue weighted by molar-refractivity contribution is -0.255. The van der Waals surface area contributed by atoms with Crippen molar-refractivity contribution in [2.45, 2.75) is 39.4 Å². The molecule has 0 spiro atoms. The van der Waals surface area contributed by atoms with Crippen LogP contribution in [0.1, 0.15) is 32.8 Å². The zero-order valence-corrected chi connectivity index (χ0v) is 14.6. The predicted molar refractivity (Wildman–Crippen MR) is 90.1 cm³/mol. The number of hydrogen-bond donors (Lipinski definition) is 1. The van der Waals surface area contributed by atoms with Gasteiger partial charge in [0.1, 0.15) is 12.2 Å². The van der Waals surface area contributed by atoms with Crippen LogP contribution in [-0.4, -0.2) is 37.8 Å². The number of carbonyl (C=O) groups excluding carboxylic acids is 2. The lowest BCUT2D eigenvalue weighted by Gasteiger charge is -2.34. The highest BCUT2D eigenvalue weighted by Gasteiger charge is 2.42. The van der Waals surface area contributed by atoms with Gasteiger partial charge in [-0.3, -0.25) is 0 Å². The van der Waals surface area contributed by atoms with Crippen LogP contribution in [0, 0.1) is 5.92 Å². The monoisotopic (exact) mass is 337 g/mol. The van der Waals surface area contributed by atoms with E-state index in [0.29, 0.717) is 26.0 Å². The van der Waals surface area contributed by atoms with Crippen molar-refractivity contribution in [3.05, 3.63) is 35.9 Å². The van der Waals surface area contributed by atoms with Crippen LogP contribution in [0.25, 0.3) is 0 Å². The second kappa shape index (κ2) is 10.9. The van der Waals surface area contributed by atoms with Gasteiger partial charge in [-0.25, -0.2) is 4.79 Å². The van der Waals surface area contributed by atoms with Crippen LogP contribution < -0.4 is 5.48 Å². The van der Waals surface area contributed by atoms with E-state index in [1.54, 1.807) is 20.8 Å². The lowest BCUT2D eigenvalue weighted by atomic mass is 9.96. The van der Waals surface area contributed by atoms with Gasteiger partial charge >= 0.3 is 5.97 Å². The van der Waals surface area contributed by atoms with Gasteiger partial charge in [-0.1, -0.05) is 30.3 Å². The predicted octanol–water partition coefficient (Wildman–Crippen LogP) is 2.27. The average molecular weight is 337 g/mol. The van der Waals surface area contributed by atoms with Crippen LogP contribution in [0.15, 0.2) is 30.3 Å². The van der Waals surface area contributed by atoms with Crippen LogP contribution in [0.5, 0.6) is 0 Å². The molecule has 24 heavy (non-hydrogen) atoms. The molecule has 0 saturated heterocycles. The fraction of sp³-hybridized carbons (Fsp3) is 0.556. The topological polar surface area (TPSA) is 73.9 Å². The Morgan fingerprint density at radius 3 is 2.38 bits per heavy atom. The Hall–Kier alpha value is -1.76. The molecular formula is C18H27NO5. The summed E-state index contributed by atoms with van der Waals surface area (Å²) in [6, 6.07) is 9.86. The molecule has 1 aromatic carbocycles. The maximum Gasteiger partial charge on any atom is 0.333 e. The smallest absolute Gasteiger partial charge is 0.333 e. The summed E-state index contributed by atoms with van der Waals surface area (Å²) in [5.41, 5.74) is 3.79. The van der Waals surface area contributed by atoms with Crippen molar-refractivity contribution in [3.8, 4) is 0 Å². The minimum absolute atomic E-state index is 0.0320. The van der Waals surface area contributed by atoms with Crippen molar-refractivity contribution < 1.29 is 23.9 Å². The Morgan fingerprint density at radius 2 is 1.83 bits per heavy atom. The highest BCUT2D eigenvalue weighted by atomic mass is 16.7. The summed E-state index contributed by atoms with van der Waals surface area (Å²) in [7, 11) is 0. The van der Waals surface area contributed by atoms with E-state index in [1.807, 2.05) is 30.3 Å². The number of ether oxygens (including phenoxy) is 2. The molecule has 1 aromatic rings. The third-order valence-electron chi connectivity index (χ3n) is 3.64. The van der Waals surface area contributed by atoms with E-state index in [0.717, 1.165) is 12.0 Å². The molecule has 0 aliphatic carbocycles. The number of hydroxylamine groups is 1. The average Bonchev–Trinajstić information content (AvgIpc) is 2.57. The Morgan fingerprint density at radius 1 is 1.21 bits per heavy atom. The van der Waals surface area contributed by atoms with Gasteiger partial charge in [0.15, 0.2) is 5.79 Å². The first kappa shape index (κ1) is 20.3. The van der Waals surface area contributed by atoms with Gasteiger partial charge in [-0.2, -0.15) is 5.48 Å². The highest BCUT2D eigenvalue weighted by molar-refractivity contribution is 5.76. The molecule has 6 heteroatoms. The van der Waals surface area contributed by atoms with Crippen LogP contribution in [-0.2, 0) is 30.3 Å². The standard InChI is InChI=1S/C18H27NO5/c1-4-22-18(3,23-5-2)16(12-14-20)17(21)24-19-13-11-15-9-7-6-8-10-15/h6-10,14,16,19H,4-5,11-13H2,1-3H3. The maximum absolute atomic E-state index is 12.3. The Bertz CT molecular complexity index is 485. The van der Waals surface area contributed by atoms with Crippen LogP contribution in [0.2, 0.25) is 0 Å². The zero-order chi connectivity index (χ0) is 17.8. The molecule has 0 bridgehead atoms. The summed E-state index contributed by atoms with van der Waals surface area (Å²) in [4.78, 5) is 28.4. The molecule has 1 unspecified atom stereocenters. The minimum Gasteiger partial charge on any atom is -0.370 e. The van der Waals surface area contributed by atoms with E-state index in [4.69, 9.17) is 14.3 Å². The van der Waals surface area contributed by atoms with Crippen LogP contribution in [0.3, 0.4) is 0 Å². The molecule has 1 atom stereocenters. The Labute approximate surface area is 143 Å². The Kier molecular flexibility index (Phi) is 9.22. The molecule has 0 aliphatic rings. The molecule has 0 radical (unpaired) electrons. The second-order valence-electron chi connectivity index (χ2n) is 5.39. The van der Waals surface area contributed by atoms with Crippen molar-refractivity contribution in [2.75, 3.05) is 19.8 Å². The first-order chi connectivity index (χ1) is 11.6. The SMILES string of the molecule is CCOC(C)(OCC)C(CC=O)C(=O)ONCCc1ccccc1. The third kappa shape index (κ3) is 6.39. The van der Waals surface area contributed by atoms with Gasteiger partial charge in [0.05, 0.1) is 0 Å². The van der Waals surface area contributed by atoms with Crippen molar-refractivity contribution in [1.82, 2.24) is 5.48 Å². The van der Waals surface area contributed by atoms with E-state index in [9.17, 15) is 9.59 Å². The first-order valence-corrected chi connectivity index (χ1v) is 8.26. The number of carbonyl (C=O) groups is 2. The fourth-order valence-corrected chi connectivity index (χ4v) is 2.47. The summed E-state index contributed by atoms with van der Waals surface area (Å²) in [5.74, 6) is -2.60. The van der Waals surface area contributed by atoms with Gasteiger partial charge in [0.2, 0.25) is 0 Å². The van der Waals surface area contributed by atoms with Gasteiger partial charge in [-0.15, -0.1) is 0 Å². The molecule has 1 rings (SSSR count). The third-order valence-corrected chi connectivity index (χ3v) is 3.64. The zero-order valence-electron chi connectivity index (χ0n) is 14.6. The number of aldehydes is 1. The van der Waals surface area contributed by atoms with Gasteiger partial charge in [0, 0.05) is 26.2 Å². The van der Waals surface area contributed by atoms with Crippen LogP contribution in [0.4, 0.5) is 0 Å². The summed E-state index contributed by atoms with van der Waals surface area (Å²) < 4.78 is 11.1. The van der Waals surface area contributed by atoms with Crippen molar-refractivity contribution in [2.24, 2.45) is 5.92 Å². The van der Waals surface area contributed by atoms with Crippen molar-refractivity contribution in [3.63, 3.8) is 0 Å². The summed E-state index contributed by atoms with van der Waals surface area (Å²) in [6.45, 7) is 6.46. The summed E-state index contributed by atoms with van der Waals surface area (Å²) in [5, 5.41) is 0. The normalized spacial score (nSPS) is 12.6. The van der Waals surface area contributed by atoms with Gasteiger partial charge in [-0.05, 0) is 32.8 Å².